The summed E-state index contributed by atoms with van der Waals surface area (Å²) < 4.78 is 12.9. The predicted octanol–water partition coefficient (Wildman–Crippen LogP) is 3.62. The third kappa shape index (κ3) is 2.75. The van der Waals surface area contributed by atoms with Gasteiger partial charge >= 0.3 is 0 Å². The summed E-state index contributed by atoms with van der Waals surface area (Å²) in [4.78, 5) is 10.3. The summed E-state index contributed by atoms with van der Waals surface area (Å²) in [6, 6.07) is 3.67. The summed E-state index contributed by atoms with van der Waals surface area (Å²) in [7, 11) is 0. The van der Waals surface area contributed by atoms with E-state index < -0.39 is 10.7 Å². The van der Waals surface area contributed by atoms with Crippen LogP contribution in [0.25, 0.3) is 0 Å². The maximum absolute atomic E-state index is 12.9. The Balaban J connectivity index is 3.22. The van der Waals surface area contributed by atoms with Gasteiger partial charge in [-0.05, 0) is 12.1 Å². The van der Waals surface area contributed by atoms with Crippen molar-refractivity contribution < 1.29 is 9.31 Å². The van der Waals surface area contributed by atoms with E-state index >= 15 is 0 Å². The minimum Gasteiger partial charge on any atom is -0.258 e. The molecule has 3 nitrogen and oxygen atoms in total. The lowest BCUT2D eigenvalue weighted by molar-refractivity contribution is -0.385. The Morgan fingerprint density at radius 2 is 2.07 bits per heavy atom. The molecule has 2 unspecified atom stereocenters. The number of nitrogens with zero attached hydrogens (tertiary/aromatic N) is 1. The summed E-state index contributed by atoms with van der Waals surface area (Å²) >= 11 is 3.36. The van der Waals surface area contributed by atoms with Crippen LogP contribution >= 0.6 is 15.9 Å². The summed E-state index contributed by atoms with van der Waals surface area (Å²) in [5.41, 5.74) is 0.388. The molecule has 0 aliphatic carbocycles. The van der Waals surface area contributed by atoms with Crippen molar-refractivity contribution in [2.75, 3.05) is 0 Å². The van der Waals surface area contributed by atoms with Gasteiger partial charge in [0.1, 0.15) is 5.82 Å². The molecule has 0 N–H and O–H groups in total. The van der Waals surface area contributed by atoms with Crippen molar-refractivity contribution >= 4 is 21.6 Å². The Morgan fingerprint density at radius 1 is 1.47 bits per heavy atom. The van der Waals surface area contributed by atoms with E-state index in [2.05, 4.69) is 15.9 Å². The number of benzene rings is 1. The maximum Gasteiger partial charge on any atom is 0.275 e. The fourth-order valence-electron chi connectivity index (χ4n) is 1.31. The highest BCUT2D eigenvalue weighted by Crippen LogP contribution is 2.31. The number of alkyl halides is 1. The van der Waals surface area contributed by atoms with Crippen molar-refractivity contribution in [1.82, 2.24) is 0 Å². The maximum atomic E-state index is 12.9. The molecule has 0 aliphatic heterocycles. The highest BCUT2D eigenvalue weighted by molar-refractivity contribution is 9.09. The molecule has 15 heavy (non-hydrogen) atoms. The highest BCUT2D eigenvalue weighted by atomic mass is 79.9. The Morgan fingerprint density at radius 3 is 2.53 bits per heavy atom. The van der Waals surface area contributed by atoms with Crippen LogP contribution in [0.15, 0.2) is 18.2 Å². The molecule has 0 bridgehead atoms. The number of halogens is 2. The second kappa shape index (κ2) is 4.70. The molecule has 1 aromatic carbocycles. The van der Waals surface area contributed by atoms with Crippen LogP contribution in [0, 0.1) is 15.9 Å². The molecular weight excluding hydrogens is 265 g/mol. The van der Waals surface area contributed by atoms with Gasteiger partial charge in [-0.15, -0.1) is 0 Å². The molecule has 0 fully saturated rings. The molecule has 0 heterocycles. The first kappa shape index (κ1) is 12.1. The van der Waals surface area contributed by atoms with Gasteiger partial charge in [-0.2, -0.15) is 0 Å². The highest BCUT2D eigenvalue weighted by Gasteiger charge is 2.22. The molecular formula is C10H11BrFNO2. The first-order valence-electron chi connectivity index (χ1n) is 4.51. The van der Waals surface area contributed by atoms with Crippen LogP contribution in [0.2, 0.25) is 0 Å². The summed E-state index contributed by atoms with van der Waals surface area (Å²) in [5, 5.41) is 10.7. The summed E-state index contributed by atoms with van der Waals surface area (Å²) in [6.07, 6.45) is 0. The van der Waals surface area contributed by atoms with Crippen molar-refractivity contribution in [3.05, 3.63) is 39.7 Å². The number of hydrogen-bond acceptors (Lipinski definition) is 2. The van der Waals surface area contributed by atoms with Crippen molar-refractivity contribution in [2.24, 2.45) is 0 Å². The summed E-state index contributed by atoms with van der Waals surface area (Å²) in [6.45, 7) is 3.76. The van der Waals surface area contributed by atoms with Gasteiger partial charge in [0.05, 0.1) is 11.0 Å². The molecule has 0 amide bonds. The van der Waals surface area contributed by atoms with Crippen LogP contribution in [0.3, 0.4) is 0 Å². The lowest BCUT2D eigenvalue weighted by Crippen LogP contribution is -2.07. The van der Waals surface area contributed by atoms with E-state index in [-0.39, 0.29) is 16.4 Å². The normalized spacial score (nSPS) is 14.7. The van der Waals surface area contributed by atoms with Crippen LogP contribution in [0.1, 0.15) is 25.3 Å². The van der Waals surface area contributed by atoms with Gasteiger partial charge in [-0.3, -0.25) is 10.1 Å². The van der Waals surface area contributed by atoms with Gasteiger partial charge in [0, 0.05) is 16.3 Å². The van der Waals surface area contributed by atoms with Crippen molar-refractivity contribution in [3.63, 3.8) is 0 Å². The zero-order valence-corrected chi connectivity index (χ0v) is 9.99. The van der Waals surface area contributed by atoms with Crippen LogP contribution in [-0.2, 0) is 0 Å². The first-order valence-corrected chi connectivity index (χ1v) is 5.43. The van der Waals surface area contributed by atoms with E-state index in [1.807, 2.05) is 13.8 Å². The Labute approximate surface area is 95.6 Å². The number of hydrogen-bond donors (Lipinski definition) is 0. The number of nitro groups is 1. The second-order valence-corrected chi connectivity index (χ2v) is 4.87. The quantitative estimate of drug-likeness (QED) is 0.480. The topological polar surface area (TPSA) is 43.1 Å². The third-order valence-electron chi connectivity index (χ3n) is 2.37. The molecule has 5 heteroatoms. The molecule has 0 aromatic heterocycles. The lowest BCUT2D eigenvalue weighted by atomic mass is 9.97. The molecule has 1 aromatic rings. The Bertz CT molecular complexity index is 382. The zero-order chi connectivity index (χ0) is 11.6. The molecule has 0 spiro atoms. The fourth-order valence-corrected chi connectivity index (χ4v) is 1.59. The van der Waals surface area contributed by atoms with E-state index in [1.54, 1.807) is 0 Å². The minimum absolute atomic E-state index is 0.0361. The Hall–Kier alpha value is -0.970. The van der Waals surface area contributed by atoms with Crippen molar-refractivity contribution in [2.45, 2.75) is 24.6 Å². The van der Waals surface area contributed by atoms with Crippen molar-refractivity contribution in [3.8, 4) is 0 Å². The molecule has 0 saturated carbocycles. The van der Waals surface area contributed by atoms with Crippen LogP contribution in [0.5, 0.6) is 0 Å². The van der Waals surface area contributed by atoms with Crippen LogP contribution < -0.4 is 0 Å². The first-order chi connectivity index (χ1) is 6.93. The fraction of sp³-hybridized carbons (Fsp3) is 0.400. The standard InChI is InChI=1S/C10H11BrFNO2/c1-6(7(2)11)9-4-3-8(12)5-10(9)13(14)15/h3-7H,1-2H3. The van der Waals surface area contributed by atoms with E-state index in [0.29, 0.717) is 5.56 Å². The monoisotopic (exact) mass is 275 g/mol. The van der Waals surface area contributed by atoms with Gasteiger partial charge in [0.25, 0.3) is 5.69 Å². The Kier molecular flexibility index (Phi) is 3.79. The van der Waals surface area contributed by atoms with Gasteiger partial charge in [0.15, 0.2) is 0 Å². The minimum atomic E-state index is -0.583. The van der Waals surface area contributed by atoms with Gasteiger partial charge in [-0.1, -0.05) is 29.8 Å². The smallest absolute Gasteiger partial charge is 0.258 e. The van der Waals surface area contributed by atoms with E-state index in [4.69, 9.17) is 0 Å². The van der Waals surface area contributed by atoms with Crippen LogP contribution in [-0.4, -0.2) is 9.75 Å². The molecule has 2 atom stereocenters. The third-order valence-corrected chi connectivity index (χ3v) is 3.16. The molecule has 82 valence electrons. The van der Waals surface area contributed by atoms with E-state index in [9.17, 15) is 14.5 Å². The molecule has 1 rings (SSSR count). The largest absolute Gasteiger partial charge is 0.275 e. The average Bonchev–Trinajstić information content (AvgIpc) is 2.16. The van der Waals surface area contributed by atoms with Crippen LogP contribution in [0.4, 0.5) is 10.1 Å². The predicted molar refractivity (Wildman–Crippen MR) is 59.9 cm³/mol. The van der Waals surface area contributed by atoms with Gasteiger partial charge in [-0.25, -0.2) is 4.39 Å². The zero-order valence-electron chi connectivity index (χ0n) is 8.41. The summed E-state index contributed by atoms with van der Waals surface area (Å²) in [5.74, 6) is -0.620. The van der Waals surface area contributed by atoms with E-state index in [0.717, 1.165) is 6.07 Å². The van der Waals surface area contributed by atoms with Gasteiger partial charge in [0.2, 0.25) is 0 Å². The molecule has 0 aliphatic rings. The van der Waals surface area contributed by atoms with E-state index in [1.165, 1.54) is 12.1 Å². The molecule has 0 saturated heterocycles. The number of rotatable bonds is 3. The average molecular weight is 276 g/mol. The lowest BCUT2D eigenvalue weighted by Gasteiger charge is -2.14. The SMILES string of the molecule is CC(Br)C(C)c1ccc(F)cc1[N+](=O)[O-]. The molecule has 0 radical (unpaired) electrons. The second-order valence-electron chi connectivity index (χ2n) is 3.43. The van der Waals surface area contributed by atoms with Crippen molar-refractivity contribution in [1.29, 1.82) is 0 Å². The van der Waals surface area contributed by atoms with Gasteiger partial charge < -0.3 is 0 Å². The number of nitro benzene ring substituents is 1.